The predicted octanol–water partition coefficient (Wildman–Crippen LogP) is 5.60. The van der Waals surface area contributed by atoms with Crippen LogP contribution in [0.1, 0.15) is 19.4 Å². The smallest absolute Gasteiger partial charge is 0.446 e. The van der Waals surface area contributed by atoms with Crippen LogP contribution in [0, 0.1) is 0 Å². The van der Waals surface area contributed by atoms with Crippen molar-refractivity contribution >= 4 is 40.9 Å². The minimum absolute atomic E-state index is 0.0445. The monoisotopic (exact) mass is 547 g/mol. The number of methoxy groups -OCH3 is 2. The number of hydrogen-bond acceptors (Lipinski definition) is 8. The molecule has 0 radical (unpaired) electrons. The van der Waals surface area contributed by atoms with Crippen LogP contribution >= 0.6 is 11.8 Å². The van der Waals surface area contributed by atoms with Gasteiger partial charge in [0.05, 0.1) is 19.9 Å². The first-order valence-corrected chi connectivity index (χ1v) is 12.1. The second-order valence-corrected chi connectivity index (χ2v) is 9.83. The number of anilines is 3. The van der Waals surface area contributed by atoms with Crippen LogP contribution in [0.3, 0.4) is 0 Å². The molecule has 0 saturated carbocycles. The molecule has 2 aromatic heterocycles. The molecule has 1 N–H and O–H groups in total. The van der Waals surface area contributed by atoms with Gasteiger partial charge in [-0.25, -0.2) is 14.7 Å². The number of benzene rings is 1. The molecule has 1 aliphatic heterocycles. The summed E-state index contributed by atoms with van der Waals surface area (Å²) in [5.74, 6) is 0.651. The van der Waals surface area contributed by atoms with Crippen molar-refractivity contribution in [1.29, 1.82) is 0 Å². The van der Waals surface area contributed by atoms with Crippen LogP contribution in [-0.2, 0) is 11.3 Å². The number of nitrogens with one attached hydrogen (secondary N) is 1. The number of hydrogen-bond donors (Lipinski definition) is 1. The lowest BCUT2D eigenvalue weighted by atomic mass is 10.0. The molecule has 3 amide bonds. The number of imide groups is 1. The first kappa shape index (κ1) is 27.0. The van der Waals surface area contributed by atoms with Crippen molar-refractivity contribution in [2.24, 2.45) is 0 Å². The van der Waals surface area contributed by atoms with E-state index >= 15 is 0 Å². The van der Waals surface area contributed by atoms with Gasteiger partial charge in [0.1, 0.15) is 17.0 Å². The number of rotatable bonds is 8. The first-order valence-electron chi connectivity index (χ1n) is 11.3. The third-order valence-electron chi connectivity index (χ3n) is 5.82. The Balaban J connectivity index is 1.54. The molecule has 0 bridgehead atoms. The highest BCUT2D eigenvalue weighted by atomic mass is 32.2. The highest BCUT2D eigenvalue weighted by Gasteiger charge is 2.51. The SMILES string of the molecule is COc1ccc(Nc2cc(CN3C(=O)N(c4ccc(SC(F)(F)F)cc4)C(=O)C3(C)C)ccn2)c(OC)n1. The van der Waals surface area contributed by atoms with Gasteiger partial charge in [0.25, 0.3) is 5.91 Å². The van der Waals surface area contributed by atoms with Gasteiger partial charge in [-0.15, -0.1) is 0 Å². The Bertz CT molecular complexity index is 1350. The maximum absolute atomic E-state index is 13.3. The molecule has 0 unspecified atom stereocenters. The molecule has 0 atom stereocenters. The summed E-state index contributed by atoms with van der Waals surface area (Å²) in [4.78, 5) is 37.4. The lowest BCUT2D eigenvalue weighted by molar-refractivity contribution is -0.123. The number of pyridine rings is 2. The van der Waals surface area contributed by atoms with Crippen LogP contribution in [-0.4, -0.2) is 52.1 Å². The fourth-order valence-corrected chi connectivity index (χ4v) is 4.41. The fraction of sp³-hybridized carbons (Fsp3) is 0.280. The minimum atomic E-state index is -4.44. The van der Waals surface area contributed by atoms with E-state index in [0.29, 0.717) is 28.8 Å². The zero-order chi connectivity index (χ0) is 27.7. The number of aromatic nitrogens is 2. The first-order chi connectivity index (χ1) is 17.9. The Kier molecular flexibility index (Phi) is 7.40. The number of nitrogens with zero attached hydrogens (tertiary/aromatic N) is 4. The third kappa shape index (κ3) is 5.62. The average Bonchev–Trinajstić information content (AvgIpc) is 3.03. The second-order valence-electron chi connectivity index (χ2n) is 8.69. The van der Waals surface area contributed by atoms with Crippen molar-refractivity contribution in [3.05, 3.63) is 60.3 Å². The van der Waals surface area contributed by atoms with Gasteiger partial charge in [0.2, 0.25) is 11.8 Å². The molecule has 3 heterocycles. The highest BCUT2D eigenvalue weighted by molar-refractivity contribution is 8.00. The van der Waals surface area contributed by atoms with E-state index in [4.69, 9.17) is 9.47 Å². The predicted molar refractivity (Wildman–Crippen MR) is 136 cm³/mol. The standard InChI is InChI=1S/C25H24F3N5O4S/c1-24(2)22(34)33(16-5-7-17(8-6-16)38-25(26,27)28)23(35)32(24)14-15-11-12-29-19(13-15)30-18-9-10-20(36-3)31-21(18)37-4/h5-13H,14H2,1-4H3,(H,29,30). The zero-order valence-electron chi connectivity index (χ0n) is 20.9. The molecule has 38 heavy (non-hydrogen) atoms. The van der Waals surface area contributed by atoms with Crippen molar-refractivity contribution in [1.82, 2.24) is 14.9 Å². The average molecular weight is 548 g/mol. The molecule has 1 aromatic carbocycles. The summed E-state index contributed by atoms with van der Waals surface area (Å²) in [5, 5.41) is 3.12. The number of ether oxygens (including phenoxy) is 2. The summed E-state index contributed by atoms with van der Waals surface area (Å²) in [6.07, 6.45) is 1.56. The molecule has 13 heteroatoms. The van der Waals surface area contributed by atoms with Gasteiger partial charge in [0, 0.05) is 23.7 Å². The summed E-state index contributed by atoms with van der Waals surface area (Å²) >= 11 is -0.267. The van der Waals surface area contributed by atoms with Crippen LogP contribution in [0.15, 0.2) is 59.6 Å². The van der Waals surface area contributed by atoms with E-state index in [2.05, 4.69) is 15.3 Å². The third-order valence-corrected chi connectivity index (χ3v) is 6.56. The molecular weight excluding hydrogens is 523 g/mol. The zero-order valence-corrected chi connectivity index (χ0v) is 21.7. The van der Waals surface area contributed by atoms with Gasteiger partial charge >= 0.3 is 11.5 Å². The molecular formula is C25H24F3N5O4S. The largest absolute Gasteiger partial charge is 0.481 e. The minimum Gasteiger partial charge on any atom is -0.481 e. The molecule has 0 aliphatic carbocycles. The van der Waals surface area contributed by atoms with Crippen molar-refractivity contribution in [2.45, 2.75) is 36.3 Å². The maximum Gasteiger partial charge on any atom is 0.446 e. The topological polar surface area (TPSA) is 96.9 Å². The maximum atomic E-state index is 13.3. The molecule has 1 saturated heterocycles. The number of amides is 3. The Morgan fingerprint density at radius 2 is 1.74 bits per heavy atom. The number of alkyl halides is 3. The van der Waals surface area contributed by atoms with Crippen LogP contribution in [0.4, 0.5) is 35.2 Å². The van der Waals surface area contributed by atoms with Gasteiger partial charge < -0.3 is 19.7 Å². The molecule has 1 aliphatic rings. The van der Waals surface area contributed by atoms with Crippen LogP contribution in [0.5, 0.6) is 11.8 Å². The second kappa shape index (κ2) is 10.4. The molecule has 200 valence electrons. The summed E-state index contributed by atoms with van der Waals surface area (Å²) in [5.41, 5.74) is -4.21. The lowest BCUT2D eigenvalue weighted by Gasteiger charge is -2.27. The quantitative estimate of drug-likeness (QED) is 0.288. The molecule has 1 fully saturated rings. The van der Waals surface area contributed by atoms with Crippen molar-refractivity contribution in [3.63, 3.8) is 0 Å². The van der Waals surface area contributed by atoms with E-state index in [1.54, 1.807) is 44.3 Å². The summed E-state index contributed by atoms with van der Waals surface area (Å²) < 4.78 is 48.4. The van der Waals surface area contributed by atoms with E-state index in [1.165, 1.54) is 43.4 Å². The van der Waals surface area contributed by atoms with Crippen molar-refractivity contribution in [2.75, 3.05) is 24.4 Å². The van der Waals surface area contributed by atoms with Gasteiger partial charge in [-0.1, -0.05) is 0 Å². The number of halogens is 3. The number of carbonyl (C=O) groups is 2. The number of carbonyl (C=O) groups excluding carboxylic acids is 2. The Morgan fingerprint density at radius 3 is 2.37 bits per heavy atom. The van der Waals surface area contributed by atoms with Crippen LogP contribution in [0.25, 0.3) is 0 Å². The summed E-state index contributed by atoms with van der Waals surface area (Å²) in [6.45, 7) is 3.33. The van der Waals surface area contributed by atoms with Gasteiger partial charge in [0.15, 0.2) is 0 Å². The van der Waals surface area contributed by atoms with Crippen LogP contribution in [0.2, 0.25) is 0 Å². The Morgan fingerprint density at radius 1 is 1.03 bits per heavy atom. The van der Waals surface area contributed by atoms with Gasteiger partial charge in [-0.05, 0) is 73.6 Å². The summed E-state index contributed by atoms with van der Waals surface area (Å²) in [6, 6.07) is 11.4. The van der Waals surface area contributed by atoms with E-state index in [9.17, 15) is 22.8 Å². The molecule has 0 spiro atoms. The van der Waals surface area contributed by atoms with E-state index in [1.807, 2.05) is 0 Å². The van der Waals surface area contributed by atoms with E-state index in [0.717, 1.165) is 4.90 Å². The van der Waals surface area contributed by atoms with Crippen LogP contribution < -0.4 is 19.7 Å². The van der Waals surface area contributed by atoms with Crippen molar-refractivity contribution < 1.29 is 32.2 Å². The fourth-order valence-electron chi connectivity index (χ4n) is 3.88. The summed E-state index contributed by atoms with van der Waals surface area (Å²) in [7, 11) is 2.97. The molecule has 3 aromatic rings. The highest BCUT2D eigenvalue weighted by Crippen LogP contribution is 2.39. The Hall–Kier alpha value is -4.00. The van der Waals surface area contributed by atoms with E-state index < -0.39 is 23.0 Å². The van der Waals surface area contributed by atoms with Gasteiger partial charge in [-0.3, -0.25) is 4.79 Å². The van der Waals surface area contributed by atoms with Gasteiger partial charge in [-0.2, -0.15) is 18.2 Å². The molecule has 4 rings (SSSR count). The van der Waals surface area contributed by atoms with E-state index in [-0.39, 0.29) is 28.9 Å². The number of urea groups is 1. The number of thioether (sulfide) groups is 1. The lowest BCUT2D eigenvalue weighted by Crippen LogP contribution is -2.43. The molecule has 9 nitrogen and oxygen atoms in total. The Labute approximate surface area is 221 Å². The van der Waals surface area contributed by atoms with Crippen molar-refractivity contribution in [3.8, 4) is 11.8 Å². The normalized spacial score (nSPS) is 15.1.